The summed E-state index contributed by atoms with van der Waals surface area (Å²) in [5.74, 6) is -2.33. The van der Waals surface area contributed by atoms with E-state index in [-0.39, 0.29) is 17.7 Å². The van der Waals surface area contributed by atoms with Gasteiger partial charge in [-0.1, -0.05) is 0 Å². The fraction of sp³-hybridized carbons (Fsp3) is 0.538. The van der Waals surface area contributed by atoms with Crippen LogP contribution in [0, 0.1) is 11.6 Å². The summed E-state index contributed by atoms with van der Waals surface area (Å²) in [6.45, 7) is 4.04. The van der Waals surface area contributed by atoms with Crippen molar-refractivity contribution in [3.8, 4) is 11.5 Å². The first-order valence-corrected chi connectivity index (χ1v) is 6.30. The van der Waals surface area contributed by atoms with Crippen LogP contribution in [0.25, 0.3) is 0 Å². The average Bonchev–Trinajstić information content (AvgIpc) is 2.44. The topological polar surface area (TPSA) is 44.7 Å². The third-order valence-electron chi connectivity index (χ3n) is 3.35. The highest BCUT2D eigenvalue weighted by molar-refractivity contribution is 5.41. The zero-order chi connectivity index (χ0) is 13.8. The van der Waals surface area contributed by atoms with E-state index in [2.05, 4.69) is 10.2 Å². The SMILES string of the molecule is COc1cc(O)c(F)c(CCN2CCNCC2)c1F. The number of piperazine rings is 1. The molecule has 0 amide bonds. The summed E-state index contributed by atoms with van der Waals surface area (Å²) >= 11 is 0. The summed E-state index contributed by atoms with van der Waals surface area (Å²) in [6.07, 6.45) is 0.211. The summed E-state index contributed by atoms with van der Waals surface area (Å²) in [6, 6.07) is 0.957. The van der Waals surface area contributed by atoms with E-state index in [1.807, 2.05) is 0 Å². The molecular weight excluding hydrogens is 254 g/mol. The lowest BCUT2D eigenvalue weighted by molar-refractivity contribution is 0.241. The Hall–Kier alpha value is -1.40. The van der Waals surface area contributed by atoms with E-state index in [1.165, 1.54) is 7.11 Å². The lowest BCUT2D eigenvalue weighted by atomic mass is 10.1. The molecule has 4 nitrogen and oxygen atoms in total. The number of methoxy groups -OCH3 is 1. The Balaban J connectivity index is 2.12. The molecule has 2 rings (SSSR count). The summed E-state index contributed by atoms with van der Waals surface area (Å²) < 4.78 is 32.5. The van der Waals surface area contributed by atoms with E-state index < -0.39 is 17.4 Å². The van der Waals surface area contributed by atoms with Gasteiger partial charge in [-0.15, -0.1) is 0 Å². The highest BCUT2D eigenvalue weighted by atomic mass is 19.1. The quantitative estimate of drug-likeness (QED) is 0.862. The number of ether oxygens (including phenoxy) is 1. The van der Waals surface area contributed by atoms with Crippen molar-refractivity contribution in [1.82, 2.24) is 10.2 Å². The molecular formula is C13H18F2N2O2. The maximum Gasteiger partial charge on any atom is 0.171 e. The Kier molecular flexibility index (Phi) is 4.55. The van der Waals surface area contributed by atoms with Crippen molar-refractivity contribution in [2.24, 2.45) is 0 Å². The van der Waals surface area contributed by atoms with Gasteiger partial charge in [0.25, 0.3) is 0 Å². The Morgan fingerprint density at radius 1 is 1.32 bits per heavy atom. The molecule has 106 valence electrons. The van der Waals surface area contributed by atoms with Gasteiger partial charge in [0.05, 0.1) is 7.11 Å². The molecule has 1 heterocycles. The van der Waals surface area contributed by atoms with Crippen molar-refractivity contribution in [3.63, 3.8) is 0 Å². The molecule has 0 aromatic heterocycles. The largest absolute Gasteiger partial charge is 0.505 e. The minimum Gasteiger partial charge on any atom is -0.505 e. The molecule has 1 aliphatic rings. The summed E-state index contributed by atoms with van der Waals surface area (Å²) in [7, 11) is 1.29. The highest BCUT2D eigenvalue weighted by Crippen LogP contribution is 2.30. The number of halogens is 2. The Labute approximate surface area is 111 Å². The zero-order valence-electron chi connectivity index (χ0n) is 10.9. The van der Waals surface area contributed by atoms with Gasteiger partial charge in [0.15, 0.2) is 23.1 Å². The molecule has 1 aromatic rings. The van der Waals surface area contributed by atoms with E-state index in [1.54, 1.807) is 0 Å². The van der Waals surface area contributed by atoms with Crippen molar-refractivity contribution < 1.29 is 18.6 Å². The van der Waals surface area contributed by atoms with Gasteiger partial charge in [0.1, 0.15) is 0 Å². The first kappa shape index (κ1) is 14.0. The summed E-state index contributed by atoms with van der Waals surface area (Å²) in [5.41, 5.74) is -0.115. The number of aromatic hydroxyl groups is 1. The second-order valence-electron chi connectivity index (χ2n) is 4.55. The number of rotatable bonds is 4. The van der Waals surface area contributed by atoms with Gasteiger partial charge in [-0.3, -0.25) is 0 Å². The molecule has 1 aromatic carbocycles. The third-order valence-corrected chi connectivity index (χ3v) is 3.35. The Bertz CT molecular complexity index is 449. The maximum atomic E-state index is 14.0. The number of benzene rings is 1. The van der Waals surface area contributed by atoms with E-state index in [0.29, 0.717) is 6.54 Å². The number of phenolic OH excluding ortho intramolecular Hbond substituents is 1. The van der Waals surface area contributed by atoms with Crippen LogP contribution in [0.15, 0.2) is 6.07 Å². The molecule has 2 N–H and O–H groups in total. The predicted octanol–water partition coefficient (Wildman–Crippen LogP) is 1.13. The average molecular weight is 272 g/mol. The molecule has 0 bridgehead atoms. The fourth-order valence-corrected chi connectivity index (χ4v) is 2.22. The van der Waals surface area contributed by atoms with Crippen molar-refractivity contribution in [2.75, 3.05) is 39.8 Å². The van der Waals surface area contributed by atoms with Crippen LogP contribution in [0.3, 0.4) is 0 Å². The minimum atomic E-state index is -0.895. The molecule has 0 saturated carbocycles. The van der Waals surface area contributed by atoms with Gasteiger partial charge in [-0.05, 0) is 6.42 Å². The normalized spacial score (nSPS) is 16.6. The molecule has 19 heavy (non-hydrogen) atoms. The van der Waals surface area contributed by atoms with Crippen molar-refractivity contribution >= 4 is 0 Å². The van der Waals surface area contributed by atoms with Gasteiger partial charge in [-0.2, -0.15) is 0 Å². The Morgan fingerprint density at radius 2 is 2.00 bits per heavy atom. The minimum absolute atomic E-state index is 0.115. The van der Waals surface area contributed by atoms with E-state index in [4.69, 9.17) is 4.74 Å². The number of nitrogens with zero attached hydrogens (tertiary/aromatic N) is 1. The smallest absolute Gasteiger partial charge is 0.171 e. The van der Waals surface area contributed by atoms with Crippen molar-refractivity contribution in [2.45, 2.75) is 6.42 Å². The number of hydrogen-bond donors (Lipinski definition) is 2. The monoisotopic (exact) mass is 272 g/mol. The van der Waals surface area contributed by atoms with Gasteiger partial charge in [-0.25, -0.2) is 8.78 Å². The predicted molar refractivity (Wildman–Crippen MR) is 67.6 cm³/mol. The number of hydrogen-bond acceptors (Lipinski definition) is 4. The maximum absolute atomic E-state index is 14.0. The van der Waals surface area contributed by atoms with Crippen LogP contribution in [-0.2, 0) is 6.42 Å². The van der Waals surface area contributed by atoms with E-state index in [0.717, 1.165) is 32.2 Å². The number of nitrogens with one attached hydrogen (secondary N) is 1. The molecule has 0 unspecified atom stereocenters. The van der Waals surface area contributed by atoms with Gasteiger partial charge in [0, 0.05) is 44.4 Å². The lowest BCUT2D eigenvalue weighted by Gasteiger charge is -2.27. The molecule has 1 saturated heterocycles. The first-order chi connectivity index (χ1) is 9.13. The van der Waals surface area contributed by atoms with Gasteiger partial charge >= 0.3 is 0 Å². The number of phenols is 1. The molecule has 6 heteroatoms. The summed E-state index contributed by atoms with van der Waals surface area (Å²) in [4.78, 5) is 2.13. The zero-order valence-corrected chi connectivity index (χ0v) is 10.9. The molecule has 0 spiro atoms. The Morgan fingerprint density at radius 3 is 2.63 bits per heavy atom. The van der Waals surface area contributed by atoms with Crippen LogP contribution >= 0.6 is 0 Å². The second-order valence-corrected chi connectivity index (χ2v) is 4.55. The van der Waals surface area contributed by atoms with Crippen LogP contribution < -0.4 is 10.1 Å². The van der Waals surface area contributed by atoms with Crippen molar-refractivity contribution in [3.05, 3.63) is 23.3 Å². The van der Waals surface area contributed by atoms with Crippen molar-refractivity contribution in [1.29, 1.82) is 0 Å². The standard InChI is InChI=1S/C13H18F2N2O2/c1-19-11-8-10(18)12(14)9(13(11)15)2-5-17-6-3-16-4-7-17/h8,16,18H,2-7H2,1H3. The highest BCUT2D eigenvalue weighted by Gasteiger charge is 2.20. The van der Waals surface area contributed by atoms with Crippen LogP contribution in [0.2, 0.25) is 0 Å². The molecule has 1 fully saturated rings. The van der Waals surface area contributed by atoms with Gasteiger partial charge < -0.3 is 20.1 Å². The fourth-order valence-electron chi connectivity index (χ4n) is 2.22. The van der Waals surface area contributed by atoms with Crippen LogP contribution in [-0.4, -0.2) is 49.8 Å². The van der Waals surface area contributed by atoms with Crippen LogP contribution in [0.4, 0.5) is 8.78 Å². The van der Waals surface area contributed by atoms with Crippen LogP contribution in [0.1, 0.15) is 5.56 Å². The third kappa shape index (κ3) is 3.13. The van der Waals surface area contributed by atoms with Gasteiger partial charge in [0.2, 0.25) is 0 Å². The molecule has 0 aliphatic carbocycles. The van der Waals surface area contributed by atoms with E-state index in [9.17, 15) is 13.9 Å². The van der Waals surface area contributed by atoms with Crippen LogP contribution in [0.5, 0.6) is 11.5 Å². The molecule has 0 radical (unpaired) electrons. The molecule has 1 aliphatic heterocycles. The molecule has 0 atom stereocenters. The first-order valence-electron chi connectivity index (χ1n) is 6.30. The summed E-state index contributed by atoms with van der Waals surface area (Å²) in [5, 5.41) is 12.6. The second kappa shape index (κ2) is 6.16. The lowest BCUT2D eigenvalue weighted by Crippen LogP contribution is -2.44. The van der Waals surface area contributed by atoms with E-state index >= 15 is 0 Å².